The second-order valence-electron chi connectivity index (χ2n) is 7.14. The molecule has 1 aliphatic rings. The summed E-state index contributed by atoms with van der Waals surface area (Å²) in [4.78, 5) is 17.8. The summed E-state index contributed by atoms with van der Waals surface area (Å²) in [6, 6.07) is 7.96. The molecule has 0 radical (unpaired) electrons. The number of likely N-dealkylation sites (N-methyl/N-ethyl adjacent to an activating group) is 1. The van der Waals surface area contributed by atoms with Gasteiger partial charge in [0, 0.05) is 33.2 Å². The highest BCUT2D eigenvalue weighted by atomic mass is 16.5. The summed E-state index contributed by atoms with van der Waals surface area (Å²) >= 11 is 0. The van der Waals surface area contributed by atoms with E-state index in [9.17, 15) is 4.79 Å². The number of nitrogens with one attached hydrogen (secondary N) is 2. The zero-order valence-electron chi connectivity index (χ0n) is 16.8. The van der Waals surface area contributed by atoms with Crippen molar-refractivity contribution in [2.45, 2.75) is 26.4 Å². The number of aliphatic imine (C=N–C) groups is 1. The molecule has 1 saturated heterocycles. The third kappa shape index (κ3) is 7.46. The molecule has 1 fully saturated rings. The summed E-state index contributed by atoms with van der Waals surface area (Å²) in [5.74, 6) is 1.94. The largest absolute Gasteiger partial charge is 0.489 e. The third-order valence-corrected chi connectivity index (χ3v) is 4.43. The Morgan fingerprint density at radius 3 is 2.81 bits per heavy atom. The van der Waals surface area contributed by atoms with Gasteiger partial charge in [-0.05, 0) is 31.9 Å². The highest BCUT2D eigenvalue weighted by Gasteiger charge is 2.16. The van der Waals surface area contributed by atoms with Crippen molar-refractivity contribution >= 4 is 11.9 Å². The van der Waals surface area contributed by atoms with Crippen LogP contribution in [0.1, 0.15) is 18.9 Å². The second-order valence-corrected chi connectivity index (χ2v) is 7.14. The van der Waals surface area contributed by atoms with Crippen LogP contribution in [0.3, 0.4) is 0 Å². The molecule has 2 atom stereocenters. The van der Waals surface area contributed by atoms with Crippen LogP contribution in [0, 0.1) is 12.8 Å². The SMILES string of the molecule is Cc1ccccc1OC(C)CNC(=NCC(=O)N(C)C)NCC1CCOC1. The normalized spacial score (nSPS) is 18.1. The Kier molecular flexibility index (Phi) is 8.39. The van der Waals surface area contributed by atoms with E-state index in [0.717, 1.165) is 37.5 Å². The van der Waals surface area contributed by atoms with Gasteiger partial charge in [-0.15, -0.1) is 0 Å². The molecule has 0 saturated carbocycles. The van der Waals surface area contributed by atoms with E-state index in [2.05, 4.69) is 15.6 Å². The molecule has 150 valence electrons. The second kappa shape index (κ2) is 10.8. The van der Waals surface area contributed by atoms with Crippen LogP contribution < -0.4 is 15.4 Å². The average Bonchev–Trinajstić information content (AvgIpc) is 3.16. The Labute approximate surface area is 162 Å². The zero-order chi connectivity index (χ0) is 19.6. The first-order valence-electron chi connectivity index (χ1n) is 9.48. The quantitative estimate of drug-likeness (QED) is 0.530. The van der Waals surface area contributed by atoms with E-state index in [1.807, 2.05) is 38.1 Å². The highest BCUT2D eigenvalue weighted by Crippen LogP contribution is 2.17. The summed E-state index contributed by atoms with van der Waals surface area (Å²) in [5, 5.41) is 6.60. The topological polar surface area (TPSA) is 75.2 Å². The molecule has 0 aromatic heterocycles. The molecule has 1 amide bonds. The monoisotopic (exact) mass is 376 g/mol. The van der Waals surface area contributed by atoms with Gasteiger partial charge in [0.1, 0.15) is 18.4 Å². The van der Waals surface area contributed by atoms with Gasteiger partial charge in [0.25, 0.3) is 0 Å². The molecule has 2 N–H and O–H groups in total. The van der Waals surface area contributed by atoms with Crippen molar-refractivity contribution in [3.63, 3.8) is 0 Å². The van der Waals surface area contributed by atoms with Crippen LogP contribution in [0.4, 0.5) is 0 Å². The summed E-state index contributed by atoms with van der Waals surface area (Å²) < 4.78 is 11.4. The Morgan fingerprint density at radius 2 is 2.15 bits per heavy atom. The molecule has 27 heavy (non-hydrogen) atoms. The molecular formula is C20H32N4O3. The summed E-state index contributed by atoms with van der Waals surface area (Å²) in [5.41, 5.74) is 1.11. The fraction of sp³-hybridized carbons (Fsp3) is 0.600. The predicted molar refractivity (Wildman–Crippen MR) is 107 cm³/mol. The van der Waals surface area contributed by atoms with E-state index in [1.165, 1.54) is 4.90 Å². The van der Waals surface area contributed by atoms with Gasteiger partial charge >= 0.3 is 0 Å². The lowest BCUT2D eigenvalue weighted by Crippen LogP contribution is -2.44. The van der Waals surface area contributed by atoms with Crippen LogP contribution >= 0.6 is 0 Å². The number of nitrogens with zero attached hydrogens (tertiary/aromatic N) is 2. The number of guanidine groups is 1. The molecule has 1 aliphatic heterocycles. The van der Waals surface area contributed by atoms with Crippen LogP contribution in [0.2, 0.25) is 0 Å². The Bertz CT molecular complexity index is 627. The fourth-order valence-corrected chi connectivity index (χ4v) is 2.64. The van der Waals surface area contributed by atoms with Gasteiger partial charge in [0.15, 0.2) is 5.96 Å². The van der Waals surface area contributed by atoms with E-state index in [0.29, 0.717) is 18.4 Å². The van der Waals surface area contributed by atoms with Crippen molar-refractivity contribution in [2.75, 3.05) is 46.9 Å². The number of carbonyl (C=O) groups excluding carboxylic acids is 1. The van der Waals surface area contributed by atoms with Crippen molar-refractivity contribution < 1.29 is 14.3 Å². The van der Waals surface area contributed by atoms with E-state index < -0.39 is 0 Å². The standard InChI is InChI=1S/C20H32N4O3/c1-15-7-5-6-8-18(15)27-16(2)11-21-20(23-13-19(25)24(3)4)22-12-17-9-10-26-14-17/h5-8,16-17H,9-14H2,1-4H3,(H2,21,22,23). The summed E-state index contributed by atoms with van der Waals surface area (Å²) in [6.45, 7) is 7.08. The van der Waals surface area contributed by atoms with E-state index >= 15 is 0 Å². The number of para-hydroxylation sites is 1. The van der Waals surface area contributed by atoms with Crippen LogP contribution in [-0.2, 0) is 9.53 Å². The minimum Gasteiger partial charge on any atom is -0.489 e. The van der Waals surface area contributed by atoms with Gasteiger partial charge in [0.05, 0.1) is 13.2 Å². The average molecular weight is 377 g/mol. The molecular weight excluding hydrogens is 344 g/mol. The highest BCUT2D eigenvalue weighted by molar-refractivity contribution is 5.84. The number of carbonyl (C=O) groups is 1. The van der Waals surface area contributed by atoms with E-state index in [-0.39, 0.29) is 18.6 Å². The number of hydrogen-bond donors (Lipinski definition) is 2. The number of aryl methyl sites for hydroxylation is 1. The number of benzene rings is 1. The molecule has 2 rings (SSSR count). The lowest BCUT2D eigenvalue weighted by Gasteiger charge is -2.20. The van der Waals surface area contributed by atoms with Crippen LogP contribution in [0.25, 0.3) is 0 Å². The molecule has 1 aromatic carbocycles. The maximum Gasteiger partial charge on any atom is 0.243 e. The number of hydrogen-bond acceptors (Lipinski definition) is 4. The van der Waals surface area contributed by atoms with Crippen molar-refractivity contribution in [1.29, 1.82) is 0 Å². The van der Waals surface area contributed by atoms with Crippen molar-refractivity contribution in [2.24, 2.45) is 10.9 Å². The predicted octanol–water partition coefficient (Wildman–Crippen LogP) is 1.42. The van der Waals surface area contributed by atoms with Crippen LogP contribution in [0.15, 0.2) is 29.3 Å². The lowest BCUT2D eigenvalue weighted by atomic mass is 10.1. The zero-order valence-corrected chi connectivity index (χ0v) is 16.8. The molecule has 1 aromatic rings. The molecule has 7 heteroatoms. The van der Waals surface area contributed by atoms with Gasteiger partial charge < -0.3 is 25.0 Å². The first kappa shape index (κ1) is 21.0. The van der Waals surface area contributed by atoms with Crippen molar-refractivity contribution in [3.05, 3.63) is 29.8 Å². The van der Waals surface area contributed by atoms with Crippen molar-refractivity contribution in [3.8, 4) is 5.75 Å². The van der Waals surface area contributed by atoms with Crippen LogP contribution in [0.5, 0.6) is 5.75 Å². The van der Waals surface area contributed by atoms with Gasteiger partial charge in [-0.2, -0.15) is 0 Å². The molecule has 1 heterocycles. The molecule has 2 unspecified atom stereocenters. The molecule has 0 aliphatic carbocycles. The maximum absolute atomic E-state index is 11.8. The minimum absolute atomic E-state index is 0.0375. The Hall–Kier alpha value is -2.28. The van der Waals surface area contributed by atoms with E-state index in [4.69, 9.17) is 9.47 Å². The Balaban J connectivity index is 1.88. The number of rotatable bonds is 8. The molecule has 0 spiro atoms. The summed E-state index contributed by atoms with van der Waals surface area (Å²) in [7, 11) is 3.46. The van der Waals surface area contributed by atoms with Crippen LogP contribution in [-0.4, -0.2) is 69.8 Å². The minimum atomic E-state index is -0.0440. The first-order chi connectivity index (χ1) is 13.0. The number of amides is 1. The van der Waals surface area contributed by atoms with Crippen molar-refractivity contribution in [1.82, 2.24) is 15.5 Å². The van der Waals surface area contributed by atoms with Gasteiger partial charge in [-0.1, -0.05) is 18.2 Å². The summed E-state index contributed by atoms with van der Waals surface area (Å²) in [6.07, 6.45) is 1.00. The molecule has 7 nitrogen and oxygen atoms in total. The first-order valence-corrected chi connectivity index (χ1v) is 9.48. The third-order valence-electron chi connectivity index (χ3n) is 4.43. The maximum atomic E-state index is 11.8. The smallest absolute Gasteiger partial charge is 0.243 e. The van der Waals surface area contributed by atoms with Gasteiger partial charge in [-0.3, -0.25) is 4.79 Å². The number of ether oxygens (including phenoxy) is 2. The Morgan fingerprint density at radius 1 is 1.37 bits per heavy atom. The fourth-order valence-electron chi connectivity index (χ4n) is 2.64. The lowest BCUT2D eigenvalue weighted by molar-refractivity contribution is -0.127. The molecule has 0 bridgehead atoms. The van der Waals surface area contributed by atoms with E-state index in [1.54, 1.807) is 14.1 Å². The van der Waals surface area contributed by atoms with Gasteiger partial charge in [0.2, 0.25) is 5.91 Å². The van der Waals surface area contributed by atoms with Gasteiger partial charge in [-0.25, -0.2) is 4.99 Å².